The lowest BCUT2D eigenvalue weighted by Gasteiger charge is -2.21. The first-order chi connectivity index (χ1) is 8.70. The summed E-state index contributed by atoms with van der Waals surface area (Å²) in [4.78, 5) is 15.4. The zero-order valence-corrected chi connectivity index (χ0v) is 12.1. The molecule has 2 nitrogen and oxygen atoms in total. The van der Waals surface area contributed by atoms with Crippen molar-refractivity contribution >= 4 is 29.3 Å². The summed E-state index contributed by atoms with van der Waals surface area (Å²) in [6.45, 7) is 3.93. The quantitative estimate of drug-likeness (QED) is 0.783. The van der Waals surface area contributed by atoms with Crippen LogP contribution in [0.2, 0.25) is 5.02 Å². The van der Waals surface area contributed by atoms with Crippen LogP contribution in [0.25, 0.3) is 0 Å². The maximum atomic E-state index is 12.3. The van der Waals surface area contributed by atoms with Gasteiger partial charge in [-0.2, -0.15) is 0 Å². The molecule has 1 aromatic rings. The maximum absolute atomic E-state index is 12.3. The fraction of sp³-hybridized carbons (Fsp3) is 0.500. The second-order valence-corrected chi connectivity index (χ2v) is 6.21. The first kappa shape index (κ1) is 13.8. The highest BCUT2D eigenvalue weighted by molar-refractivity contribution is 8.00. The van der Waals surface area contributed by atoms with E-state index in [1.165, 1.54) is 0 Å². The Bertz CT molecular complexity index is 401. The Hall–Kier alpha value is -0.670. The molecule has 1 aliphatic heterocycles. The zero-order chi connectivity index (χ0) is 13.0. The van der Waals surface area contributed by atoms with Gasteiger partial charge in [-0.25, -0.2) is 0 Å². The normalized spacial score (nSPS) is 16.9. The van der Waals surface area contributed by atoms with Crippen LogP contribution in [0.5, 0.6) is 0 Å². The van der Waals surface area contributed by atoms with E-state index in [1.807, 2.05) is 29.2 Å². The molecule has 18 heavy (non-hydrogen) atoms. The number of benzene rings is 1. The Balaban J connectivity index is 2.00. The maximum Gasteiger partial charge on any atom is 0.236 e. The Morgan fingerprint density at radius 1 is 1.33 bits per heavy atom. The number of nitrogens with zero attached hydrogens (tertiary/aromatic N) is 1. The van der Waals surface area contributed by atoms with Crippen LogP contribution in [0, 0.1) is 0 Å². The van der Waals surface area contributed by atoms with Gasteiger partial charge in [0.25, 0.3) is 0 Å². The van der Waals surface area contributed by atoms with E-state index < -0.39 is 0 Å². The van der Waals surface area contributed by atoms with Gasteiger partial charge >= 0.3 is 0 Å². The average Bonchev–Trinajstić information content (AvgIpc) is 2.91. The van der Waals surface area contributed by atoms with Crippen molar-refractivity contribution in [1.82, 2.24) is 4.90 Å². The monoisotopic (exact) mass is 283 g/mol. The van der Waals surface area contributed by atoms with E-state index in [4.69, 9.17) is 11.6 Å². The summed E-state index contributed by atoms with van der Waals surface area (Å²) in [6.07, 6.45) is 3.16. The number of rotatable bonds is 4. The largest absolute Gasteiger partial charge is 0.342 e. The van der Waals surface area contributed by atoms with Crippen molar-refractivity contribution in [3.63, 3.8) is 0 Å². The van der Waals surface area contributed by atoms with E-state index in [9.17, 15) is 4.79 Å². The van der Waals surface area contributed by atoms with E-state index in [0.29, 0.717) is 0 Å². The fourth-order valence-corrected chi connectivity index (χ4v) is 3.29. The van der Waals surface area contributed by atoms with Crippen LogP contribution in [0.1, 0.15) is 26.2 Å². The van der Waals surface area contributed by atoms with Gasteiger partial charge in [-0.1, -0.05) is 18.5 Å². The highest BCUT2D eigenvalue weighted by Gasteiger charge is 2.25. The SMILES string of the molecule is CCC(Sc1ccc(Cl)cc1)C(=O)N1CCCC1. The molecule has 0 radical (unpaired) electrons. The first-order valence-electron chi connectivity index (χ1n) is 6.41. The van der Waals surface area contributed by atoms with Crippen LogP contribution >= 0.6 is 23.4 Å². The molecule has 0 N–H and O–H groups in total. The molecule has 2 rings (SSSR count). The molecule has 0 saturated carbocycles. The number of carbonyl (C=O) groups is 1. The molecule has 0 bridgehead atoms. The Kier molecular flexibility index (Phi) is 4.95. The number of likely N-dealkylation sites (tertiary alicyclic amines) is 1. The molecule has 98 valence electrons. The molecule has 1 saturated heterocycles. The van der Waals surface area contributed by atoms with Gasteiger partial charge in [0.2, 0.25) is 5.91 Å². The third kappa shape index (κ3) is 3.42. The molecule has 1 heterocycles. The lowest BCUT2D eigenvalue weighted by Crippen LogP contribution is -2.35. The number of amides is 1. The van der Waals surface area contributed by atoms with E-state index in [1.54, 1.807) is 11.8 Å². The second kappa shape index (κ2) is 6.48. The highest BCUT2D eigenvalue weighted by atomic mass is 35.5. The molecule has 1 aliphatic rings. The molecule has 1 atom stereocenters. The molecule has 1 amide bonds. The van der Waals surface area contributed by atoms with Gasteiger partial charge in [0, 0.05) is 23.0 Å². The van der Waals surface area contributed by atoms with Crippen molar-refractivity contribution in [1.29, 1.82) is 0 Å². The summed E-state index contributed by atoms with van der Waals surface area (Å²) in [6, 6.07) is 7.70. The van der Waals surface area contributed by atoms with Gasteiger partial charge < -0.3 is 4.90 Å². The molecule has 0 aromatic heterocycles. The van der Waals surface area contributed by atoms with Gasteiger partial charge in [-0.05, 0) is 43.5 Å². The number of hydrogen-bond acceptors (Lipinski definition) is 2. The van der Waals surface area contributed by atoms with Gasteiger partial charge in [0.15, 0.2) is 0 Å². The number of thioether (sulfide) groups is 1. The smallest absolute Gasteiger partial charge is 0.236 e. The van der Waals surface area contributed by atoms with Gasteiger partial charge in [0.1, 0.15) is 0 Å². The number of hydrogen-bond donors (Lipinski definition) is 0. The summed E-state index contributed by atoms with van der Waals surface area (Å²) >= 11 is 7.51. The lowest BCUT2D eigenvalue weighted by molar-refractivity contribution is -0.129. The molecule has 1 unspecified atom stereocenters. The van der Waals surface area contributed by atoms with Gasteiger partial charge in [0.05, 0.1) is 5.25 Å². The average molecular weight is 284 g/mol. The molecule has 0 aliphatic carbocycles. The van der Waals surface area contributed by atoms with Gasteiger partial charge in [-0.15, -0.1) is 11.8 Å². The first-order valence-corrected chi connectivity index (χ1v) is 7.67. The summed E-state index contributed by atoms with van der Waals surface area (Å²) in [5, 5.41) is 0.766. The highest BCUT2D eigenvalue weighted by Crippen LogP contribution is 2.28. The minimum Gasteiger partial charge on any atom is -0.342 e. The van der Waals surface area contributed by atoms with Crippen molar-refractivity contribution in [3.05, 3.63) is 29.3 Å². The van der Waals surface area contributed by atoms with Crippen LogP contribution < -0.4 is 0 Å². The molecular formula is C14H18ClNOS. The van der Waals surface area contributed by atoms with E-state index in [-0.39, 0.29) is 11.2 Å². The summed E-state index contributed by atoms with van der Waals surface area (Å²) in [5.74, 6) is 0.287. The Morgan fingerprint density at radius 3 is 2.50 bits per heavy atom. The van der Waals surface area contributed by atoms with Crippen molar-refractivity contribution in [3.8, 4) is 0 Å². The number of carbonyl (C=O) groups excluding carboxylic acids is 1. The van der Waals surface area contributed by atoms with Crippen LogP contribution in [0.4, 0.5) is 0 Å². The summed E-state index contributed by atoms with van der Waals surface area (Å²) < 4.78 is 0. The van der Waals surface area contributed by atoms with Crippen molar-refractivity contribution < 1.29 is 4.79 Å². The van der Waals surface area contributed by atoms with E-state index in [2.05, 4.69) is 6.92 Å². The summed E-state index contributed by atoms with van der Waals surface area (Å²) in [7, 11) is 0. The van der Waals surface area contributed by atoms with Crippen LogP contribution in [-0.2, 0) is 4.79 Å². The van der Waals surface area contributed by atoms with Crippen molar-refractivity contribution in [2.24, 2.45) is 0 Å². The Labute approximate surface area is 118 Å². The fourth-order valence-electron chi connectivity index (χ4n) is 2.13. The third-order valence-electron chi connectivity index (χ3n) is 3.16. The minimum absolute atomic E-state index is 0.0317. The predicted molar refractivity (Wildman–Crippen MR) is 77.2 cm³/mol. The minimum atomic E-state index is 0.0317. The van der Waals surface area contributed by atoms with Crippen molar-refractivity contribution in [2.75, 3.05) is 13.1 Å². The Morgan fingerprint density at radius 2 is 1.94 bits per heavy atom. The lowest BCUT2D eigenvalue weighted by atomic mass is 10.3. The standard InChI is InChI=1S/C14H18ClNOS/c1-2-13(14(17)16-9-3-4-10-16)18-12-7-5-11(15)6-8-12/h5-8,13H,2-4,9-10H2,1H3. The van der Waals surface area contributed by atoms with E-state index >= 15 is 0 Å². The van der Waals surface area contributed by atoms with Crippen LogP contribution in [0.15, 0.2) is 29.2 Å². The molecule has 0 spiro atoms. The van der Waals surface area contributed by atoms with E-state index in [0.717, 1.165) is 42.3 Å². The van der Waals surface area contributed by atoms with Crippen LogP contribution in [-0.4, -0.2) is 29.1 Å². The second-order valence-electron chi connectivity index (χ2n) is 4.50. The zero-order valence-electron chi connectivity index (χ0n) is 10.6. The molecule has 1 fully saturated rings. The van der Waals surface area contributed by atoms with Crippen molar-refractivity contribution in [2.45, 2.75) is 36.3 Å². The predicted octanol–water partition coefficient (Wildman–Crippen LogP) is 3.83. The van der Waals surface area contributed by atoms with Gasteiger partial charge in [-0.3, -0.25) is 4.79 Å². The number of halogens is 1. The molecular weight excluding hydrogens is 266 g/mol. The topological polar surface area (TPSA) is 20.3 Å². The van der Waals surface area contributed by atoms with Crippen LogP contribution in [0.3, 0.4) is 0 Å². The molecule has 4 heteroatoms. The summed E-state index contributed by atoms with van der Waals surface area (Å²) in [5.41, 5.74) is 0. The third-order valence-corrected chi connectivity index (χ3v) is 4.77. The molecule has 1 aromatic carbocycles.